The Hall–Kier alpha value is -1.00. The van der Waals surface area contributed by atoms with Crippen molar-refractivity contribution in [3.8, 4) is 0 Å². The third-order valence-corrected chi connectivity index (χ3v) is 10.7. The number of hydrogen-bond donors (Lipinski definition) is 2. The summed E-state index contributed by atoms with van der Waals surface area (Å²) in [7, 11) is -5.43. The maximum atomic E-state index is 12.8. The zero-order valence-corrected chi connectivity index (χ0v) is 21.7. The molecule has 0 radical (unpaired) electrons. The van der Waals surface area contributed by atoms with Crippen molar-refractivity contribution in [2.24, 2.45) is 0 Å². The van der Waals surface area contributed by atoms with Gasteiger partial charge in [-0.3, -0.25) is 10.2 Å². The van der Waals surface area contributed by atoms with E-state index in [1.54, 1.807) is 9.80 Å². The van der Waals surface area contributed by atoms with Crippen LogP contribution in [0, 0.1) is 0 Å². The monoisotopic (exact) mass is 466 g/mol. The van der Waals surface area contributed by atoms with Crippen LogP contribution in [0.1, 0.15) is 67.2 Å². The first-order chi connectivity index (χ1) is 14.1. The van der Waals surface area contributed by atoms with Gasteiger partial charge in [-0.25, -0.2) is 9.59 Å². The van der Waals surface area contributed by atoms with E-state index in [0.29, 0.717) is 50.8 Å². The van der Waals surface area contributed by atoms with Gasteiger partial charge in [0.15, 0.2) is 14.6 Å². The number of hydrogen-bond acceptors (Lipinski definition) is 4. The van der Waals surface area contributed by atoms with Crippen LogP contribution in [0.4, 0.5) is 9.59 Å². The Kier molecular flexibility index (Phi) is 14.4. The maximum absolute atomic E-state index is 12.8. The number of rotatable bonds is 15. The van der Waals surface area contributed by atoms with Gasteiger partial charge < -0.3 is 18.9 Å². The minimum absolute atomic E-state index is 0.334. The number of carbonyl (C=O) groups is 2. The molecule has 0 bridgehead atoms. The molecule has 0 aliphatic heterocycles. The fraction of sp³-hybridized carbons (Fsp3) is 0.900. The molecule has 0 unspecified atom stereocenters. The van der Waals surface area contributed by atoms with Crippen LogP contribution in [0.5, 0.6) is 0 Å². The zero-order chi connectivity index (χ0) is 23.2. The third-order valence-electron chi connectivity index (χ3n) is 5.42. The summed E-state index contributed by atoms with van der Waals surface area (Å²) >= 11 is 0. The van der Waals surface area contributed by atoms with Crippen molar-refractivity contribution in [1.29, 1.82) is 0 Å². The molecule has 0 atom stereocenters. The summed E-state index contributed by atoms with van der Waals surface area (Å²) in [6.45, 7) is 13.1. The number of carbonyl (C=O) groups excluding carboxylic acids is 2. The molecule has 0 aliphatic carbocycles. The SMILES string of the molecule is CCCCN(CCN(CCCC)C(=O)NP(=O)(CC)CC)C(=O)NP(=O)(CC)CC. The van der Waals surface area contributed by atoms with Gasteiger partial charge >= 0.3 is 12.1 Å². The normalized spacial score (nSPS) is 11.8. The molecule has 0 aromatic heterocycles. The molecule has 0 saturated carbocycles. The maximum Gasteiger partial charge on any atom is 0.322 e. The molecule has 30 heavy (non-hydrogen) atoms. The van der Waals surface area contributed by atoms with E-state index < -0.39 is 14.6 Å². The van der Waals surface area contributed by atoms with Gasteiger partial charge in [0, 0.05) is 50.8 Å². The van der Waals surface area contributed by atoms with E-state index in [0.717, 1.165) is 25.7 Å². The number of unbranched alkanes of at least 4 members (excludes halogenated alkanes) is 2. The van der Waals surface area contributed by atoms with Gasteiger partial charge in [0.05, 0.1) is 0 Å². The summed E-state index contributed by atoms with van der Waals surface area (Å²) in [6.07, 6.45) is 5.21. The first-order valence-electron chi connectivity index (χ1n) is 11.4. The van der Waals surface area contributed by atoms with E-state index >= 15 is 0 Å². The second-order valence-corrected chi connectivity index (χ2v) is 14.1. The van der Waals surface area contributed by atoms with Crippen LogP contribution in [-0.2, 0) is 9.13 Å². The highest BCUT2D eigenvalue weighted by Crippen LogP contribution is 2.40. The van der Waals surface area contributed by atoms with Crippen LogP contribution >= 0.6 is 14.6 Å². The lowest BCUT2D eigenvalue weighted by Crippen LogP contribution is -2.47. The number of nitrogens with zero attached hydrogens (tertiary/aromatic N) is 2. The summed E-state index contributed by atoms with van der Waals surface area (Å²) in [4.78, 5) is 28.9. The van der Waals surface area contributed by atoms with Crippen molar-refractivity contribution >= 4 is 26.6 Å². The molecule has 0 heterocycles. The molecule has 2 N–H and O–H groups in total. The van der Waals surface area contributed by atoms with E-state index in [-0.39, 0.29) is 12.1 Å². The number of urea groups is 2. The van der Waals surface area contributed by atoms with Crippen LogP contribution < -0.4 is 10.2 Å². The van der Waals surface area contributed by atoms with Crippen LogP contribution in [0.25, 0.3) is 0 Å². The fourth-order valence-corrected chi connectivity index (χ4v) is 5.33. The largest absolute Gasteiger partial charge is 0.323 e. The second-order valence-electron chi connectivity index (χ2n) is 7.56. The van der Waals surface area contributed by atoms with Crippen molar-refractivity contribution in [3.05, 3.63) is 0 Å². The lowest BCUT2D eigenvalue weighted by Gasteiger charge is -2.30. The molecule has 8 nitrogen and oxygen atoms in total. The molecule has 10 heteroatoms. The van der Waals surface area contributed by atoms with Gasteiger partial charge in [0.2, 0.25) is 0 Å². The van der Waals surface area contributed by atoms with Gasteiger partial charge in [-0.05, 0) is 12.8 Å². The molecule has 0 aromatic carbocycles. The molecule has 0 spiro atoms. The molecule has 0 aliphatic rings. The van der Waals surface area contributed by atoms with Gasteiger partial charge in [-0.1, -0.05) is 54.4 Å². The van der Waals surface area contributed by atoms with E-state index in [1.165, 1.54) is 0 Å². The average Bonchev–Trinajstić information content (AvgIpc) is 2.75. The lowest BCUT2D eigenvalue weighted by atomic mass is 10.3. The Morgan fingerprint density at radius 2 is 0.900 bits per heavy atom. The van der Waals surface area contributed by atoms with E-state index in [2.05, 4.69) is 10.2 Å². The second kappa shape index (κ2) is 14.9. The summed E-state index contributed by atoms with van der Waals surface area (Å²) in [5.74, 6) is 0. The number of nitrogens with one attached hydrogen (secondary N) is 2. The molecule has 0 saturated heterocycles. The highest BCUT2D eigenvalue weighted by atomic mass is 31.2. The van der Waals surface area contributed by atoms with Crippen molar-refractivity contribution in [2.45, 2.75) is 67.2 Å². The summed E-state index contributed by atoms with van der Waals surface area (Å²) in [6, 6.07) is -0.668. The fourth-order valence-electron chi connectivity index (χ4n) is 2.82. The first-order valence-corrected chi connectivity index (χ1v) is 15.6. The minimum Gasteiger partial charge on any atom is -0.323 e. The molecular weight excluding hydrogens is 422 g/mol. The van der Waals surface area contributed by atoms with Gasteiger partial charge in [0.1, 0.15) is 0 Å². The van der Waals surface area contributed by atoms with E-state index in [9.17, 15) is 18.7 Å². The molecule has 4 amide bonds. The Bertz CT molecular complexity index is 548. The van der Waals surface area contributed by atoms with Gasteiger partial charge in [-0.2, -0.15) is 0 Å². The van der Waals surface area contributed by atoms with Crippen molar-refractivity contribution < 1.29 is 18.7 Å². The highest BCUT2D eigenvalue weighted by molar-refractivity contribution is 7.62. The average molecular weight is 467 g/mol. The smallest absolute Gasteiger partial charge is 0.322 e. The molecular formula is C20H44N4O4P2. The number of amides is 4. The molecule has 0 rings (SSSR count). The van der Waals surface area contributed by atoms with Crippen molar-refractivity contribution in [1.82, 2.24) is 20.0 Å². The summed E-state index contributed by atoms with van der Waals surface area (Å²) < 4.78 is 25.4. The van der Waals surface area contributed by atoms with Crippen LogP contribution in [0.3, 0.4) is 0 Å². The Morgan fingerprint density at radius 3 is 1.13 bits per heavy atom. The molecule has 178 valence electrons. The Labute approximate surface area is 183 Å². The molecule has 0 aromatic rings. The van der Waals surface area contributed by atoms with Crippen LogP contribution in [-0.4, -0.2) is 72.7 Å². The Balaban J connectivity index is 5.27. The summed E-state index contributed by atoms with van der Waals surface area (Å²) in [5, 5.41) is 5.47. The quantitative estimate of drug-likeness (QED) is 0.322. The molecule has 0 fully saturated rings. The third kappa shape index (κ3) is 10.3. The zero-order valence-electron chi connectivity index (χ0n) is 19.9. The standard InChI is InChI=1S/C20H44N4O4P2/c1-7-13-15-23(19(25)21-29(27,9-3)10-4)17-18-24(16-14-8-2)20(26)22-30(28,11-5)12-6/h7-18H2,1-6H3,(H,21,25,27)(H,22,26,28). The minimum atomic E-state index is -2.71. The van der Waals surface area contributed by atoms with E-state index in [1.807, 2.05) is 41.5 Å². The summed E-state index contributed by atoms with van der Waals surface area (Å²) in [5.41, 5.74) is 0. The van der Waals surface area contributed by atoms with Crippen LogP contribution in [0.15, 0.2) is 0 Å². The lowest BCUT2D eigenvalue weighted by molar-refractivity contribution is 0.179. The topological polar surface area (TPSA) is 98.8 Å². The Morgan fingerprint density at radius 1 is 0.600 bits per heavy atom. The van der Waals surface area contributed by atoms with Crippen LogP contribution in [0.2, 0.25) is 0 Å². The van der Waals surface area contributed by atoms with Gasteiger partial charge in [0.25, 0.3) is 0 Å². The van der Waals surface area contributed by atoms with E-state index in [4.69, 9.17) is 0 Å². The highest BCUT2D eigenvalue weighted by Gasteiger charge is 2.26. The van der Waals surface area contributed by atoms with Gasteiger partial charge in [-0.15, -0.1) is 0 Å². The van der Waals surface area contributed by atoms with Crippen molar-refractivity contribution in [2.75, 3.05) is 50.8 Å². The predicted octanol–water partition coefficient (Wildman–Crippen LogP) is 5.25. The first kappa shape index (κ1) is 29.0. The van der Waals surface area contributed by atoms with Crippen molar-refractivity contribution in [3.63, 3.8) is 0 Å². The predicted molar refractivity (Wildman–Crippen MR) is 127 cm³/mol.